The van der Waals surface area contributed by atoms with E-state index in [1.807, 2.05) is 0 Å². The summed E-state index contributed by atoms with van der Waals surface area (Å²) in [6.07, 6.45) is 11.4. The summed E-state index contributed by atoms with van der Waals surface area (Å²) in [5.74, 6) is 3.91. The molecule has 5 aliphatic carbocycles. The van der Waals surface area contributed by atoms with Crippen LogP contribution in [0.4, 0.5) is 0 Å². The average molecular weight is 578 g/mol. The van der Waals surface area contributed by atoms with Gasteiger partial charge in [-0.25, -0.2) is 12.7 Å². The minimum absolute atomic E-state index is 0.125. The van der Waals surface area contributed by atoms with Crippen LogP contribution in [0.3, 0.4) is 0 Å². The molecule has 2 unspecified atom stereocenters. The first-order valence-corrected chi connectivity index (χ1v) is 18.4. The first-order valence-electron chi connectivity index (χ1n) is 16.7. The predicted molar refractivity (Wildman–Crippen MR) is 157 cm³/mol. The van der Waals surface area contributed by atoms with Crippen LogP contribution in [-0.2, 0) is 14.8 Å². The number of ketones is 1. The lowest BCUT2D eigenvalue weighted by molar-refractivity contribution is -0.203. The third kappa shape index (κ3) is 4.85. The molecule has 7 heteroatoms. The van der Waals surface area contributed by atoms with Crippen molar-refractivity contribution < 1.29 is 23.4 Å². The number of hydrogen-bond acceptors (Lipinski definition) is 5. The molecule has 6 nitrogen and oxygen atoms in total. The van der Waals surface area contributed by atoms with Crippen molar-refractivity contribution in [2.24, 2.45) is 64.1 Å². The van der Waals surface area contributed by atoms with Crippen LogP contribution in [0, 0.1) is 64.1 Å². The van der Waals surface area contributed by atoms with Gasteiger partial charge in [-0.1, -0.05) is 40.5 Å². The number of carbonyl (C=O) groups is 1. The topological polar surface area (TPSA) is 94.9 Å². The Labute approximate surface area is 243 Å². The Morgan fingerprint density at radius 1 is 0.950 bits per heavy atom. The molecule has 0 radical (unpaired) electrons. The Morgan fingerprint density at radius 2 is 1.62 bits per heavy atom. The van der Waals surface area contributed by atoms with Crippen molar-refractivity contribution in [3.63, 3.8) is 0 Å². The van der Waals surface area contributed by atoms with Gasteiger partial charge in [0.15, 0.2) is 0 Å². The Morgan fingerprint density at radius 3 is 2.33 bits per heavy atom. The van der Waals surface area contributed by atoms with Gasteiger partial charge in [-0.3, -0.25) is 4.79 Å². The molecular formula is C33H55NO5S. The number of rotatable bonds is 9. The van der Waals surface area contributed by atoms with Crippen molar-refractivity contribution in [1.82, 2.24) is 4.31 Å². The molecule has 5 saturated carbocycles. The van der Waals surface area contributed by atoms with Crippen LogP contribution in [0.2, 0.25) is 0 Å². The van der Waals surface area contributed by atoms with Crippen molar-refractivity contribution >= 4 is 15.8 Å². The van der Waals surface area contributed by atoms with E-state index < -0.39 is 10.0 Å². The molecule has 0 aromatic heterocycles. The van der Waals surface area contributed by atoms with E-state index >= 15 is 0 Å². The third-order valence-electron chi connectivity index (χ3n) is 13.9. The zero-order valence-corrected chi connectivity index (χ0v) is 26.2. The number of aliphatic hydroxyl groups is 2. The summed E-state index contributed by atoms with van der Waals surface area (Å²) in [5, 5.41) is 22.4. The van der Waals surface area contributed by atoms with Gasteiger partial charge in [-0.05, 0) is 122 Å². The average Bonchev–Trinajstić information content (AvgIpc) is 3.32. The number of Topliss-reactive ketones (excluding diaryl/α,β-unsaturated/α-hetero) is 1. The van der Waals surface area contributed by atoms with Gasteiger partial charge in [0.05, 0.1) is 12.2 Å². The van der Waals surface area contributed by atoms with E-state index in [-0.39, 0.29) is 40.5 Å². The summed E-state index contributed by atoms with van der Waals surface area (Å²) < 4.78 is 27.0. The fraction of sp³-hybridized carbons (Fsp3) is 0.970. The van der Waals surface area contributed by atoms with Crippen molar-refractivity contribution in [2.75, 3.05) is 18.8 Å². The summed E-state index contributed by atoms with van der Waals surface area (Å²) in [4.78, 5) is 12.7. The summed E-state index contributed by atoms with van der Waals surface area (Å²) >= 11 is 0. The zero-order chi connectivity index (χ0) is 28.6. The molecule has 0 bridgehead atoms. The highest BCUT2D eigenvalue weighted by molar-refractivity contribution is 7.89. The zero-order valence-electron chi connectivity index (χ0n) is 25.4. The number of fused-ring (bicyclic) bond motifs is 6. The number of aliphatic hydroxyl groups excluding tert-OH is 2. The molecule has 0 spiro atoms. The lowest BCUT2D eigenvalue weighted by Crippen LogP contribution is -2.62. The van der Waals surface area contributed by atoms with Crippen molar-refractivity contribution in [2.45, 2.75) is 117 Å². The lowest BCUT2D eigenvalue weighted by atomic mass is 9.41. The van der Waals surface area contributed by atoms with E-state index in [2.05, 4.69) is 27.7 Å². The minimum atomic E-state index is -3.45. The largest absolute Gasteiger partial charge is 0.393 e. The van der Waals surface area contributed by atoms with Crippen LogP contribution in [0.25, 0.3) is 0 Å². The molecule has 40 heavy (non-hydrogen) atoms. The monoisotopic (exact) mass is 577 g/mol. The highest BCUT2D eigenvalue weighted by Gasteiger charge is 2.64. The second-order valence-corrected chi connectivity index (χ2v) is 17.8. The minimum Gasteiger partial charge on any atom is -0.393 e. The van der Waals surface area contributed by atoms with Crippen molar-refractivity contribution in [1.29, 1.82) is 0 Å². The fourth-order valence-electron chi connectivity index (χ4n) is 11.7. The Kier molecular flexibility index (Phi) is 7.83. The van der Waals surface area contributed by atoms with Gasteiger partial charge in [0, 0.05) is 19.5 Å². The summed E-state index contributed by atoms with van der Waals surface area (Å²) in [7, 11) is -3.45. The maximum absolute atomic E-state index is 12.7. The van der Waals surface area contributed by atoms with Gasteiger partial charge in [0.2, 0.25) is 10.0 Å². The van der Waals surface area contributed by atoms with Gasteiger partial charge in [0.1, 0.15) is 11.5 Å². The van der Waals surface area contributed by atoms with Gasteiger partial charge >= 0.3 is 0 Å². The van der Waals surface area contributed by atoms with Gasteiger partial charge in [-0.2, -0.15) is 0 Å². The molecule has 0 aromatic carbocycles. The number of sulfonamides is 1. The van der Waals surface area contributed by atoms with Crippen LogP contribution in [0.5, 0.6) is 0 Å². The third-order valence-corrected chi connectivity index (χ3v) is 15.7. The Bertz CT molecular complexity index is 1070. The maximum Gasteiger partial charge on any atom is 0.221 e. The van der Waals surface area contributed by atoms with Crippen LogP contribution >= 0.6 is 0 Å². The second kappa shape index (κ2) is 10.6. The maximum atomic E-state index is 12.7. The SMILES string of the molecule is CC[C@H]1[C@@H](O)[C@@H]2[C@H](CC[C@]3(C)[C@@H]([C@H](C)CCCC(=O)CS(=O)(=O)N4CC5CC5C4)CC[C@@H]23)[C@@]2(C)CC[C@@H](O)C[C@@H]12. The van der Waals surface area contributed by atoms with Crippen molar-refractivity contribution in [3.05, 3.63) is 0 Å². The fourth-order valence-corrected chi connectivity index (χ4v) is 13.3. The number of hydrogen-bond donors (Lipinski definition) is 2. The normalized spacial score (nSPS) is 49.0. The molecule has 1 saturated heterocycles. The molecule has 6 aliphatic rings. The quantitative estimate of drug-likeness (QED) is 0.389. The summed E-state index contributed by atoms with van der Waals surface area (Å²) in [6, 6.07) is 0. The van der Waals surface area contributed by atoms with Crippen molar-refractivity contribution in [3.8, 4) is 0 Å². The molecule has 13 atom stereocenters. The molecule has 1 aliphatic heterocycles. The number of piperidine rings is 1. The smallest absolute Gasteiger partial charge is 0.221 e. The summed E-state index contributed by atoms with van der Waals surface area (Å²) in [5.41, 5.74) is 0.451. The van der Waals surface area contributed by atoms with Crippen LogP contribution in [0.1, 0.15) is 105 Å². The first-order chi connectivity index (χ1) is 18.9. The standard InChI is InChI=1S/C33H55NO5S/c1-5-25-29-16-23(35)11-13-33(29,4)28-12-14-32(3)26(9-10-27(32)30(28)31(25)37)20(2)7-6-8-24(36)19-40(38,39)34-17-21-15-22(21)18-34/h20-23,25-31,35,37H,5-19H2,1-4H3/t20-,21?,22?,23-,25-,26-,27+,28+,29+,30+,31-,32-,33-/m1/s1. The van der Waals surface area contributed by atoms with Gasteiger partial charge < -0.3 is 10.2 Å². The number of carbonyl (C=O) groups excluding carboxylic acids is 1. The Hall–Kier alpha value is -0.500. The van der Waals surface area contributed by atoms with E-state index in [9.17, 15) is 23.4 Å². The molecule has 6 fully saturated rings. The Balaban J connectivity index is 1.07. The number of nitrogens with zero attached hydrogens (tertiary/aromatic N) is 1. The van der Waals surface area contributed by atoms with E-state index in [0.29, 0.717) is 66.9 Å². The van der Waals surface area contributed by atoms with Crippen LogP contribution in [-0.4, -0.2) is 59.8 Å². The highest BCUT2D eigenvalue weighted by Crippen LogP contribution is 2.69. The van der Waals surface area contributed by atoms with Gasteiger partial charge in [-0.15, -0.1) is 0 Å². The molecule has 2 N–H and O–H groups in total. The summed E-state index contributed by atoms with van der Waals surface area (Å²) in [6.45, 7) is 10.8. The molecule has 0 amide bonds. The molecule has 228 valence electrons. The highest BCUT2D eigenvalue weighted by atomic mass is 32.2. The second-order valence-electron chi connectivity index (χ2n) is 15.9. The van der Waals surface area contributed by atoms with E-state index in [0.717, 1.165) is 44.9 Å². The van der Waals surface area contributed by atoms with Crippen LogP contribution in [0.15, 0.2) is 0 Å². The molecule has 0 aromatic rings. The van der Waals surface area contributed by atoms with E-state index in [4.69, 9.17) is 0 Å². The van der Waals surface area contributed by atoms with Gasteiger partial charge in [0.25, 0.3) is 0 Å². The van der Waals surface area contributed by atoms with Crippen LogP contribution < -0.4 is 0 Å². The van der Waals surface area contributed by atoms with E-state index in [1.165, 1.54) is 25.7 Å². The molecule has 6 rings (SSSR count). The van der Waals surface area contributed by atoms with E-state index in [1.54, 1.807) is 4.31 Å². The first kappa shape index (κ1) is 29.6. The predicted octanol–water partition coefficient (Wildman–Crippen LogP) is 5.27. The molecule has 1 heterocycles. The molecular weight excluding hydrogens is 522 g/mol. The lowest BCUT2D eigenvalue weighted by Gasteiger charge is -2.64.